The van der Waals surface area contributed by atoms with Crippen LogP contribution in [0.4, 0.5) is 10.1 Å². The SMILES string of the molecule is C=Cc1c(N=C)ccc(C(C)C)c1F. The maximum absolute atomic E-state index is 13.8. The van der Waals surface area contributed by atoms with Crippen molar-refractivity contribution in [1.29, 1.82) is 0 Å². The van der Waals surface area contributed by atoms with E-state index in [0.717, 1.165) is 0 Å². The minimum atomic E-state index is -0.236. The summed E-state index contributed by atoms with van der Waals surface area (Å²) in [6.45, 7) is 10.9. The summed E-state index contributed by atoms with van der Waals surface area (Å²) >= 11 is 0. The van der Waals surface area contributed by atoms with Crippen LogP contribution < -0.4 is 0 Å². The molecule has 0 fully saturated rings. The maximum Gasteiger partial charge on any atom is 0.136 e. The lowest BCUT2D eigenvalue weighted by molar-refractivity contribution is 0.596. The van der Waals surface area contributed by atoms with Gasteiger partial charge in [-0.3, -0.25) is 4.99 Å². The van der Waals surface area contributed by atoms with Gasteiger partial charge in [-0.05, 0) is 24.3 Å². The molecular formula is C12H14FN. The van der Waals surface area contributed by atoms with Crippen molar-refractivity contribution in [2.24, 2.45) is 4.99 Å². The monoisotopic (exact) mass is 191 g/mol. The smallest absolute Gasteiger partial charge is 0.136 e. The van der Waals surface area contributed by atoms with Crippen LogP contribution in [0.3, 0.4) is 0 Å². The van der Waals surface area contributed by atoms with Crippen LogP contribution >= 0.6 is 0 Å². The molecule has 0 aromatic heterocycles. The Kier molecular flexibility index (Phi) is 3.18. The molecule has 74 valence electrons. The molecule has 0 bridgehead atoms. The van der Waals surface area contributed by atoms with Gasteiger partial charge in [0.1, 0.15) is 5.82 Å². The minimum Gasteiger partial charge on any atom is -0.264 e. The quantitative estimate of drug-likeness (QED) is 0.642. The van der Waals surface area contributed by atoms with Crippen molar-refractivity contribution in [1.82, 2.24) is 0 Å². The molecule has 1 aromatic rings. The second kappa shape index (κ2) is 4.18. The molecule has 14 heavy (non-hydrogen) atoms. The highest BCUT2D eigenvalue weighted by atomic mass is 19.1. The lowest BCUT2D eigenvalue weighted by Crippen LogP contribution is -1.95. The zero-order valence-electron chi connectivity index (χ0n) is 8.55. The molecule has 0 aliphatic rings. The topological polar surface area (TPSA) is 12.4 Å². The summed E-state index contributed by atoms with van der Waals surface area (Å²) in [7, 11) is 0. The van der Waals surface area contributed by atoms with E-state index in [1.807, 2.05) is 13.8 Å². The van der Waals surface area contributed by atoms with Crippen LogP contribution in [0.25, 0.3) is 6.08 Å². The van der Waals surface area contributed by atoms with E-state index in [9.17, 15) is 4.39 Å². The van der Waals surface area contributed by atoms with Gasteiger partial charge in [-0.1, -0.05) is 32.6 Å². The Morgan fingerprint density at radius 1 is 1.43 bits per heavy atom. The summed E-state index contributed by atoms with van der Waals surface area (Å²) in [6.07, 6.45) is 1.48. The Morgan fingerprint density at radius 3 is 2.50 bits per heavy atom. The van der Waals surface area contributed by atoms with Crippen molar-refractivity contribution < 1.29 is 4.39 Å². The first-order valence-corrected chi connectivity index (χ1v) is 4.53. The summed E-state index contributed by atoms with van der Waals surface area (Å²) in [5, 5.41) is 0. The highest BCUT2D eigenvalue weighted by molar-refractivity contribution is 5.66. The predicted molar refractivity (Wildman–Crippen MR) is 59.8 cm³/mol. The van der Waals surface area contributed by atoms with Gasteiger partial charge >= 0.3 is 0 Å². The lowest BCUT2D eigenvalue weighted by atomic mass is 9.98. The van der Waals surface area contributed by atoms with Gasteiger partial charge in [0.25, 0.3) is 0 Å². The van der Waals surface area contributed by atoms with Gasteiger partial charge in [0.15, 0.2) is 0 Å². The number of nitrogens with zero attached hydrogens (tertiary/aromatic N) is 1. The molecule has 0 saturated heterocycles. The van der Waals surface area contributed by atoms with E-state index in [4.69, 9.17) is 0 Å². The summed E-state index contributed by atoms with van der Waals surface area (Å²) in [5.74, 6) is -0.0764. The van der Waals surface area contributed by atoms with E-state index in [1.165, 1.54) is 6.08 Å². The van der Waals surface area contributed by atoms with Crippen LogP contribution in [-0.4, -0.2) is 6.72 Å². The number of benzene rings is 1. The molecule has 0 spiro atoms. The highest BCUT2D eigenvalue weighted by Gasteiger charge is 2.12. The van der Waals surface area contributed by atoms with Crippen molar-refractivity contribution in [2.75, 3.05) is 0 Å². The van der Waals surface area contributed by atoms with Gasteiger partial charge < -0.3 is 0 Å². The molecule has 0 aliphatic carbocycles. The molecule has 1 rings (SSSR count). The predicted octanol–water partition coefficient (Wildman–Crippen LogP) is 3.92. The van der Waals surface area contributed by atoms with Crippen molar-refractivity contribution in [2.45, 2.75) is 19.8 Å². The van der Waals surface area contributed by atoms with Gasteiger partial charge in [-0.25, -0.2) is 4.39 Å². The fourth-order valence-electron chi connectivity index (χ4n) is 1.38. The van der Waals surface area contributed by atoms with Crippen LogP contribution in [-0.2, 0) is 0 Å². The van der Waals surface area contributed by atoms with E-state index in [2.05, 4.69) is 18.3 Å². The molecule has 0 radical (unpaired) electrons. The standard InChI is InChI=1S/C12H14FN/c1-5-9-11(14-4)7-6-10(8(2)3)12(9)13/h5-8H,1,4H2,2-3H3. The molecule has 0 N–H and O–H groups in total. The van der Waals surface area contributed by atoms with Crippen molar-refractivity contribution in [3.05, 3.63) is 35.7 Å². The molecule has 1 aromatic carbocycles. The highest BCUT2D eigenvalue weighted by Crippen LogP contribution is 2.29. The van der Waals surface area contributed by atoms with E-state index in [1.54, 1.807) is 12.1 Å². The second-order valence-corrected chi connectivity index (χ2v) is 3.42. The molecule has 0 saturated carbocycles. The third-order valence-corrected chi connectivity index (χ3v) is 2.18. The normalized spacial score (nSPS) is 10.3. The van der Waals surface area contributed by atoms with Gasteiger partial charge in [0.2, 0.25) is 0 Å². The molecule has 0 unspecified atom stereocenters. The van der Waals surface area contributed by atoms with E-state index in [-0.39, 0.29) is 11.7 Å². The van der Waals surface area contributed by atoms with Crippen LogP contribution in [0, 0.1) is 5.82 Å². The molecule has 1 nitrogen and oxygen atoms in total. The summed E-state index contributed by atoms with van der Waals surface area (Å²) in [4.78, 5) is 3.74. The van der Waals surface area contributed by atoms with Gasteiger partial charge in [0, 0.05) is 5.56 Å². The van der Waals surface area contributed by atoms with Crippen molar-refractivity contribution in [3.63, 3.8) is 0 Å². The number of rotatable bonds is 3. The minimum absolute atomic E-state index is 0.160. The molecule has 0 atom stereocenters. The largest absolute Gasteiger partial charge is 0.264 e. The number of hydrogen-bond acceptors (Lipinski definition) is 1. The average molecular weight is 191 g/mol. The Labute approximate surface area is 84.0 Å². The van der Waals surface area contributed by atoms with Crippen LogP contribution in [0.5, 0.6) is 0 Å². The maximum atomic E-state index is 13.8. The van der Waals surface area contributed by atoms with Crippen molar-refractivity contribution in [3.8, 4) is 0 Å². The molecule has 2 heteroatoms. The number of halogens is 1. The zero-order chi connectivity index (χ0) is 10.7. The Hall–Kier alpha value is -1.44. The van der Waals surface area contributed by atoms with E-state index < -0.39 is 0 Å². The number of hydrogen-bond donors (Lipinski definition) is 0. The van der Waals surface area contributed by atoms with Gasteiger partial charge in [-0.2, -0.15) is 0 Å². The third-order valence-electron chi connectivity index (χ3n) is 2.18. The Balaban J connectivity index is 3.41. The summed E-state index contributed by atoms with van der Waals surface area (Å²) in [6, 6.07) is 3.51. The van der Waals surface area contributed by atoms with Crippen LogP contribution in [0.15, 0.2) is 23.7 Å². The molecule has 0 aliphatic heterocycles. The molecule has 0 amide bonds. The Morgan fingerprint density at radius 2 is 2.07 bits per heavy atom. The third kappa shape index (κ3) is 1.74. The van der Waals surface area contributed by atoms with Gasteiger partial charge in [-0.15, -0.1) is 0 Å². The van der Waals surface area contributed by atoms with Crippen LogP contribution in [0.2, 0.25) is 0 Å². The molecular weight excluding hydrogens is 177 g/mol. The first-order valence-electron chi connectivity index (χ1n) is 4.53. The first-order chi connectivity index (χ1) is 6.61. The summed E-state index contributed by atoms with van der Waals surface area (Å²) < 4.78 is 13.8. The Bertz CT molecular complexity index is 367. The average Bonchev–Trinajstić information content (AvgIpc) is 2.16. The van der Waals surface area contributed by atoms with Crippen molar-refractivity contribution >= 4 is 18.5 Å². The van der Waals surface area contributed by atoms with Gasteiger partial charge in [0.05, 0.1) is 5.69 Å². The lowest BCUT2D eigenvalue weighted by Gasteiger charge is -2.10. The summed E-state index contributed by atoms with van der Waals surface area (Å²) in [5.41, 5.74) is 1.67. The zero-order valence-corrected chi connectivity index (χ0v) is 8.55. The van der Waals surface area contributed by atoms with E-state index in [0.29, 0.717) is 16.8 Å². The molecule has 0 heterocycles. The van der Waals surface area contributed by atoms with E-state index >= 15 is 0 Å². The number of aliphatic imine (C=N–C) groups is 1. The second-order valence-electron chi connectivity index (χ2n) is 3.42. The van der Waals surface area contributed by atoms with Crippen LogP contribution in [0.1, 0.15) is 30.9 Å². The fraction of sp³-hybridized carbons (Fsp3) is 0.250. The first kappa shape index (κ1) is 10.6. The fourth-order valence-corrected chi connectivity index (χ4v) is 1.38.